The van der Waals surface area contributed by atoms with Gasteiger partial charge in [0.15, 0.2) is 23.0 Å². The van der Waals surface area contributed by atoms with Crippen LogP contribution in [0.5, 0.6) is 23.0 Å². The van der Waals surface area contributed by atoms with E-state index in [2.05, 4.69) is 31.7 Å². The summed E-state index contributed by atoms with van der Waals surface area (Å²) in [5.74, 6) is 4.33. The molecule has 55 heavy (non-hydrogen) atoms. The quantitative estimate of drug-likeness (QED) is 0.0863. The van der Waals surface area contributed by atoms with Gasteiger partial charge in [0.2, 0.25) is 11.8 Å². The fourth-order valence-electron chi connectivity index (χ4n) is 7.21. The molecule has 0 radical (unpaired) electrons. The molecule has 4 heterocycles. The molecular formula is C42H49N7O6. The molecule has 4 N–H and O–H groups in total. The molecular weight excluding hydrogens is 699 g/mol. The van der Waals surface area contributed by atoms with E-state index in [0.717, 1.165) is 77.2 Å². The minimum absolute atomic E-state index is 0.108. The number of fused-ring (bicyclic) bond motifs is 3. The highest BCUT2D eigenvalue weighted by molar-refractivity contribution is 5.87. The van der Waals surface area contributed by atoms with Gasteiger partial charge in [0, 0.05) is 31.5 Å². The van der Waals surface area contributed by atoms with E-state index in [1.807, 2.05) is 87.3 Å². The van der Waals surface area contributed by atoms with E-state index in [0.29, 0.717) is 48.4 Å². The van der Waals surface area contributed by atoms with Gasteiger partial charge in [-0.25, -0.2) is 14.8 Å². The Labute approximate surface area is 320 Å². The molecule has 0 aliphatic carbocycles. The highest BCUT2D eigenvalue weighted by Gasteiger charge is 2.37. The van der Waals surface area contributed by atoms with Crippen molar-refractivity contribution in [2.24, 2.45) is 11.8 Å². The number of unbranched alkanes of at least 4 members (excludes halogenated alkanes) is 1. The van der Waals surface area contributed by atoms with Crippen molar-refractivity contribution < 1.29 is 28.6 Å². The molecule has 3 amide bonds. The molecule has 2 aromatic heterocycles. The Morgan fingerprint density at radius 2 is 1.62 bits per heavy atom. The van der Waals surface area contributed by atoms with Crippen molar-refractivity contribution in [3.8, 4) is 45.4 Å². The van der Waals surface area contributed by atoms with Crippen LogP contribution < -0.4 is 20.1 Å². The number of likely N-dealkylation sites (tertiary alicyclic amines) is 1. The number of carbonyl (C=O) groups is 3. The van der Waals surface area contributed by atoms with Crippen LogP contribution in [0.15, 0.2) is 60.8 Å². The number of benzene rings is 3. The number of ether oxygens (including phenoxy) is 3. The van der Waals surface area contributed by atoms with Crippen molar-refractivity contribution in [1.29, 1.82) is 0 Å². The summed E-state index contributed by atoms with van der Waals surface area (Å²) >= 11 is 0. The first kappa shape index (κ1) is 37.5. The highest BCUT2D eigenvalue weighted by atomic mass is 16.6. The Kier molecular flexibility index (Phi) is 11.1. The third kappa shape index (κ3) is 8.45. The normalized spacial score (nSPS) is 15.3. The van der Waals surface area contributed by atoms with E-state index >= 15 is 0 Å². The summed E-state index contributed by atoms with van der Waals surface area (Å²) in [4.78, 5) is 55.6. The minimum Gasteiger partial charge on any atom is -0.453 e. The lowest BCUT2D eigenvalue weighted by atomic mass is 10.0. The molecule has 13 nitrogen and oxygen atoms in total. The van der Waals surface area contributed by atoms with Crippen molar-refractivity contribution in [2.75, 3.05) is 20.2 Å². The van der Waals surface area contributed by atoms with Crippen molar-refractivity contribution in [3.05, 3.63) is 72.4 Å². The Morgan fingerprint density at radius 1 is 0.909 bits per heavy atom. The summed E-state index contributed by atoms with van der Waals surface area (Å²) in [5, 5.41) is 5.69. The van der Waals surface area contributed by atoms with Crippen LogP contribution in [0.4, 0.5) is 4.79 Å². The summed E-state index contributed by atoms with van der Waals surface area (Å²) in [7, 11) is 1.29. The van der Waals surface area contributed by atoms with Crippen LogP contribution in [0.25, 0.3) is 33.4 Å². The van der Waals surface area contributed by atoms with Crippen LogP contribution in [0.2, 0.25) is 0 Å². The van der Waals surface area contributed by atoms with Crippen molar-refractivity contribution in [3.63, 3.8) is 0 Å². The standard InChI is InChI=1S/C42H49N7O6/c1-24(2)19-38(50)43-17-7-6-10-37-44-23-31(45-37)28-13-16-34-36(22-28)55-33-15-12-27(21-35(33)54-34)26-11-14-29-30(20-26)47-40(46-29)32-9-8-18-49(32)41(51)39(25(3)4)48-42(52)53-5/h11-16,20-25,32,39H,6-10,17-19H2,1-5H3,(H,43,50)(H,44,45)(H,46,47)(H,48,52). The molecule has 2 atom stereocenters. The van der Waals surface area contributed by atoms with E-state index < -0.39 is 12.1 Å². The molecule has 1 fully saturated rings. The number of nitrogens with one attached hydrogen (secondary N) is 4. The van der Waals surface area contributed by atoms with Gasteiger partial charge in [0.1, 0.15) is 17.7 Å². The van der Waals surface area contributed by atoms with Crippen LogP contribution in [-0.2, 0) is 20.7 Å². The second-order valence-corrected chi connectivity index (χ2v) is 15.1. The maximum absolute atomic E-state index is 13.6. The van der Waals surface area contributed by atoms with Gasteiger partial charge >= 0.3 is 6.09 Å². The maximum Gasteiger partial charge on any atom is 0.407 e. The Hall–Kier alpha value is -5.85. The minimum atomic E-state index is -0.693. The predicted molar refractivity (Wildman–Crippen MR) is 209 cm³/mol. The molecule has 13 heteroatoms. The number of aryl methyl sites for hydroxylation is 1. The van der Waals surface area contributed by atoms with Crippen molar-refractivity contribution in [2.45, 2.75) is 78.3 Å². The number of aromatic amines is 2. The number of hydrogen-bond acceptors (Lipinski definition) is 8. The van der Waals surface area contributed by atoms with Crippen LogP contribution in [0.1, 0.15) is 77.5 Å². The Balaban J connectivity index is 0.998. The summed E-state index contributed by atoms with van der Waals surface area (Å²) < 4.78 is 17.4. The fraction of sp³-hybridized carbons (Fsp3) is 0.405. The highest BCUT2D eigenvalue weighted by Crippen LogP contribution is 2.48. The van der Waals surface area contributed by atoms with Gasteiger partial charge in [0.25, 0.3) is 0 Å². The van der Waals surface area contributed by atoms with Gasteiger partial charge in [-0.15, -0.1) is 0 Å². The molecule has 0 spiro atoms. The molecule has 3 aromatic carbocycles. The third-order valence-electron chi connectivity index (χ3n) is 10.1. The average Bonchev–Trinajstić information content (AvgIpc) is 3.95. The summed E-state index contributed by atoms with van der Waals surface area (Å²) in [5.41, 5.74) is 5.43. The predicted octanol–water partition coefficient (Wildman–Crippen LogP) is 8.05. The SMILES string of the molecule is COC(=O)NC(C(=O)N1CCCC1c1nc2ccc(-c3ccc4c(c3)Oc3ccc(-c5cnc(CCCCNC(=O)CC(C)C)[nH]5)cc3O4)cc2[nH]1)C(C)C. The third-order valence-corrected chi connectivity index (χ3v) is 10.1. The second kappa shape index (κ2) is 16.3. The molecule has 7 rings (SSSR count). The number of H-pyrrole nitrogens is 2. The lowest BCUT2D eigenvalue weighted by Gasteiger charge is -2.29. The zero-order valence-electron chi connectivity index (χ0n) is 32.0. The number of carbonyl (C=O) groups excluding carboxylic acids is 3. The molecule has 2 aliphatic rings. The first-order valence-electron chi connectivity index (χ1n) is 19.2. The molecule has 1 saturated heterocycles. The topological polar surface area (TPSA) is 164 Å². The number of nitrogens with zero attached hydrogens (tertiary/aromatic N) is 3. The number of rotatable bonds is 13. The second-order valence-electron chi connectivity index (χ2n) is 15.1. The van der Waals surface area contributed by atoms with Gasteiger partial charge in [0.05, 0.1) is 36.1 Å². The largest absolute Gasteiger partial charge is 0.453 e. The van der Waals surface area contributed by atoms with Crippen molar-refractivity contribution in [1.82, 2.24) is 35.5 Å². The van der Waals surface area contributed by atoms with Crippen LogP contribution in [0, 0.1) is 11.8 Å². The van der Waals surface area contributed by atoms with Crippen LogP contribution in [0.3, 0.4) is 0 Å². The lowest BCUT2D eigenvalue weighted by molar-refractivity contribution is -0.135. The smallest absolute Gasteiger partial charge is 0.407 e. The lowest BCUT2D eigenvalue weighted by Crippen LogP contribution is -2.51. The zero-order valence-corrected chi connectivity index (χ0v) is 32.0. The summed E-state index contributed by atoms with van der Waals surface area (Å²) in [6.07, 6.45) is 6.00. The molecule has 288 valence electrons. The van der Waals surface area contributed by atoms with Gasteiger partial charge in [-0.3, -0.25) is 9.59 Å². The van der Waals surface area contributed by atoms with E-state index in [1.165, 1.54) is 7.11 Å². The molecule has 0 saturated carbocycles. The maximum atomic E-state index is 13.6. The first-order chi connectivity index (χ1) is 26.6. The van der Waals surface area contributed by atoms with E-state index in [-0.39, 0.29) is 23.8 Å². The molecule has 2 aliphatic heterocycles. The number of imidazole rings is 2. The van der Waals surface area contributed by atoms with E-state index in [1.54, 1.807) is 0 Å². The Morgan fingerprint density at radius 3 is 2.35 bits per heavy atom. The van der Waals surface area contributed by atoms with E-state index in [9.17, 15) is 14.4 Å². The number of alkyl carbamates (subject to hydrolysis) is 1. The monoisotopic (exact) mass is 747 g/mol. The first-order valence-corrected chi connectivity index (χ1v) is 19.2. The van der Waals surface area contributed by atoms with E-state index in [4.69, 9.17) is 19.2 Å². The Bertz CT molecular complexity index is 2190. The zero-order chi connectivity index (χ0) is 38.6. The van der Waals surface area contributed by atoms with Gasteiger partial charge in [-0.1, -0.05) is 39.8 Å². The number of methoxy groups -OCH3 is 1. The van der Waals surface area contributed by atoms with Crippen molar-refractivity contribution >= 4 is 28.9 Å². The van der Waals surface area contributed by atoms with Crippen LogP contribution in [-0.4, -0.2) is 69.0 Å². The molecule has 0 bridgehead atoms. The summed E-state index contributed by atoms with van der Waals surface area (Å²) in [6.45, 7) is 9.16. The van der Waals surface area contributed by atoms with Gasteiger partial charge < -0.3 is 39.7 Å². The number of hydrogen-bond donors (Lipinski definition) is 4. The number of amides is 3. The van der Waals surface area contributed by atoms with Gasteiger partial charge in [-0.05, 0) is 91.1 Å². The number of aromatic nitrogens is 4. The fourth-order valence-corrected chi connectivity index (χ4v) is 7.21. The molecule has 2 unspecified atom stereocenters. The average molecular weight is 748 g/mol. The summed E-state index contributed by atoms with van der Waals surface area (Å²) in [6, 6.07) is 16.9. The van der Waals surface area contributed by atoms with Gasteiger partial charge in [-0.2, -0.15) is 0 Å². The van der Waals surface area contributed by atoms with Crippen LogP contribution >= 0.6 is 0 Å². The molecule has 5 aromatic rings.